The molecule has 124 valence electrons. The van der Waals surface area contributed by atoms with Crippen LogP contribution >= 0.6 is 11.8 Å². The summed E-state index contributed by atoms with van der Waals surface area (Å²) < 4.78 is 5.44. The number of anilines is 1. The Morgan fingerprint density at radius 2 is 1.92 bits per heavy atom. The second-order valence-corrected chi connectivity index (χ2v) is 6.47. The van der Waals surface area contributed by atoms with Crippen molar-refractivity contribution in [3.8, 4) is 0 Å². The Balaban J connectivity index is 1.71. The van der Waals surface area contributed by atoms with E-state index < -0.39 is 5.97 Å². The highest BCUT2D eigenvalue weighted by Crippen LogP contribution is 2.26. The fourth-order valence-electron chi connectivity index (χ4n) is 2.73. The van der Waals surface area contributed by atoms with Gasteiger partial charge in [-0.3, -0.25) is 4.79 Å². The maximum atomic E-state index is 12.5. The van der Waals surface area contributed by atoms with E-state index in [0.29, 0.717) is 24.2 Å². The molecule has 0 aromatic heterocycles. The first-order chi connectivity index (χ1) is 11.7. The monoisotopic (exact) mass is 341 g/mol. The van der Waals surface area contributed by atoms with Crippen molar-refractivity contribution in [1.82, 2.24) is 0 Å². The van der Waals surface area contributed by atoms with Gasteiger partial charge >= 0.3 is 5.97 Å². The lowest BCUT2D eigenvalue weighted by Gasteiger charge is -2.18. The van der Waals surface area contributed by atoms with Gasteiger partial charge in [0.25, 0.3) is 0 Å². The zero-order valence-electron chi connectivity index (χ0n) is 13.5. The molecule has 0 atom stereocenters. The van der Waals surface area contributed by atoms with E-state index in [9.17, 15) is 9.59 Å². The van der Waals surface area contributed by atoms with Gasteiger partial charge in [0.2, 0.25) is 5.91 Å². The summed E-state index contributed by atoms with van der Waals surface area (Å²) in [6.45, 7) is 0.870. The van der Waals surface area contributed by atoms with Crippen molar-refractivity contribution in [2.24, 2.45) is 0 Å². The molecule has 2 aromatic rings. The molecule has 24 heavy (non-hydrogen) atoms. The van der Waals surface area contributed by atoms with E-state index in [4.69, 9.17) is 4.74 Å². The maximum absolute atomic E-state index is 12.5. The number of hydrogen-bond donors (Lipinski definition) is 0. The average Bonchev–Trinajstić information content (AvgIpc) is 3.06. The van der Waals surface area contributed by atoms with E-state index in [1.165, 1.54) is 4.90 Å². The third kappa shape index (κ3) is 3.62. The molecule has 0 bridgehead atoms. The van der Waals surface area contributed by atoms with Crippen LogP contribution in [0.25, 0.3) is 0 Å². The number of esters is 1. The zero-order valence-corrected chi connectivity index (χ0v) is 14.3. The number of carbonyl (C=O) groups is 2. The molecule has 0 spiro atoms. The first-order valence-electron chi connectivity index (χ1n) is 7.88. The molecule has 1 aliphatic rings. The summed E-state index contributed by atoms with van der Waals surface area (Å²) in [4.78, 5) is 27.3. The molecule has 0 unspecified atom stereocenters. The number of ether oxygens (including phenoxy) is 1. The molecule has 0 aliphatic carbocycles. The van der Waals surface area contributed by atoms with Crippen LogP contribution in [0.3, 0.4) is 0 Å². The number of rotatable bonds is 5. The molecule has 1 saturated heterocycles. The second kappa shape index (κ2) is 7.53. The molecule has 1 amide bonds. The topological polar surface area (TPSA) is 46.6 Å². The maximum Gasteiger partial charge on any atom is 0.340 e. The minimum absolute atomic E-state index is 0.0582. The van der Waals surface area contributed by atoms with Gasteiger partial charge in [0.1, 0.15) is 6.61 Å². The van der Waals surface area contributed by atoms with Crippen molar-refractivity contribution in [3.05, 3.63) is 59.7 Å². The van der Waals surface area contributed by atoms with E-state index in [2.05, 4.69) is 0 Å². The molecule has 1 fully saturated rings. The van der Waals surface area contributed by atoms with Gasteiger partial charge in [-0.15, -0.1) is 11.8 Å². The average molecular weight is 341 g/mol. The van der Waals surface area contributed by atoms with Crippen LogP contribution in [-0.2, 0) is 16.1 Å². The lowest BCUT2D eigenvalue weighted by Crippen LogP contribution is -2.26. The largest absolute Gasteiger partial charge is 0.457 e. The van der Waals surface area contributed by atoms with E-state index in [-0.39, 0.29) is 12.5 Å². The fourth-order valence-corrected chi connectivity index (χ4v) is 3.14. The predicted octanol–water partition coefficient (Wildman–Crippen LogP) is 3.89. The lowest BCUT2D eigenvalue weighted by atomic mass is 10.1. The first-order valence-corrected chi connectivity index (χ1v) is 9.11. The summed E-state index contributed by atoms with van der Waals surface area (Å²) in [5.74, 6) is -0.345. The Morgan fingerprint density at radius 1 is 1.17 bits per heavy atom. The molecule has 5 heteroatoms. The van der Waals surface area contributed by atoms with Gasteiger partial charge in [-0.05, 0) is 42.5 Å². The van der Waals surface area contributed by atoms with Crippen LogP contribution in [0.5, 0.6) is 0 Å². The van der Waals surface area contributed by atoms with E-state index in [1.54, 1.807) is 34.9 Å². The summed E-state index contributed by atoms with van der Waals surface area (Å²) in [5, 5.41) is 0. The normalized spacial score (nSPS) is 14.0. The van der Waals surface area contributed by atoms with Crippen molar-refractivity contribution in [2.75, 3.05) is 17.7 Å². The van der Waals surface area contributed by atoms with Crippen molar-refractivity contribution < 1.29 is 14.3 Å². The van der Waals surface area contributed by atoms with Gasteiger partial charge in [0, 0.05) is 17.9 Å². The Morgan fingerprint density at radius 3 is 2.58 bits per heavy atom. The smallest absolute Gasteiger partial charge is 0.340 e. The van der Waals surface area contributed by atoms with Crippen LogP contribution in [0.4, 0.5) is 5.69 Å². The molecule has 0 N–H and O–H groups in total. The number of amides is 1. The number of hydrogen-bond acceptors (Lipinski definition) is 4. The predicted molar refractivity (Wildman–Crippen MR) is 95.4 cm³/mol. The van der Waals surface area contributed by atoms with E-state index in [1.807, 2.05) is 36.6 Å². The molecule has 1 aliphatic heterocycles. The van der Waals surface area contributed by atoms with Gasteiger partial charge in [-0.2, -0.15) is 0 Å². The van der Waals surface area contributed by atoms with Crippen molar-refractivity contribution in [1.29, 1.82) is 0 Å². The molecule has 0 radical (unpaired) electrons. The summed E-state index contributed by atoms with van der Waals surface area (Å²) in [6, 6.07) is 15.0. The van der Waals surface area contributed by atoms with Crippen LogP contribution in [0.2, 0.25) is 0 Å². The van der Waals surface area contributed by atoms with E-state index >= 15 is 0 Å². The number of carbonyl (C=O) groups excluding carboxylic acids is 2. The quantitative estimate of drug-likeness (QED) is 0.611. The number of nitrogens with zero attached hydrogens (tertiary/aromatic N) is 1. The Kier molecular flexibility index (Phi) is 5.20. The van der Waals surface area contributed by atoms with Crippen LogP contribution in [-0.4, -0.2) is 24.7 Å². The summed E-state index contributed by atoms with van der Waals surface area (Å²) in [5.41, 5.74) is 2.02. The van der Waals surface area contributed by atoms with Crippen molar-refractivity contribution in [2.45, 2.75) is 24.3 Å². The van der Waals surface area contributed by atoms with E-state index in [0.717, 1.165) is 12.0 Å². The Hall–Kier alpha value is -2.27. The minimum Gasteiger partial charge on any atom is -0.457 e. The number of thioether (sulfide) groups is 1. The van der Waals surface area contributed by atoms with Crippen LogP contribution in [0.1, 0.15) is 28.8 Å². The van der Waals surface area contributed by atoms with Gasteiger partial charge in [-0.25, -0.2) is 4.79 Å². The summed E-state index contributed by atoms with van der Waals surface area (Å²) in [7, 11) is 0. The second-order valence-electron chi connectivity index (χ2n) is 5.59. The molecule has 3 rings (SSSR count). The van der Waals surface area contributed by atoms with Gasteiger partial charge in [-0.1, -0.05) is 24.3 Å². The summed E-state index contributed by atoms with van der Waals surface area (Å²) in [6.07, 6.45) is 3.38. The van der Waals surface area contributed by atoms with Crippen LogP contribution in [0.15, 0.2) is 53.4 Å². The fraction of sp³-hybridized carbons (Fsp3) is 0.263. The van der Waals surface area contributed by atoms with Crippen molar-refractivity contribution in [3.63, 3.8) is 0 Å². The minimum atomic E-state index is -0.403. The first kappa shape index (κ1) is 16.6. The molecule has 4 nitrogen and oxygen atoms in total. The molecule has 1 heterocycles. The number of para-hydroxylation sites is 1. The third-order valence-electron chi connectivity index (χ3n) is 4.02. The van der Waals surface area contributed by atoms with Crippen LogP contribution < -0.4 is 4.90 Å². The SMILES string of the molecule is CSc1ccc(COC(=O)c2ccccc2N2CCCC2=O)cc1. The molecule has 2 aromatic carbocycles. The Labute approximate surface area is 145 Å². The van der Waals surface area contributed by atoms with Crippen LogP contribution in [0, 0.1) is 0 Å². The van der Waals surface area contributed by atoms with Crippen molar-refractivity contribution >= 4 is 29.3 Å². The van der Waals surface area contributed by atoms with Gasteiger partial charge in [0.05, 0.1) is 11.3 Å². The standard InChI is InChI=1S/C19H19NO3S/c1-24-15-10-8-14(9-11-15)13-23-19(22)16-5-2-3-6-17(16)20-12-4-7-18(20)21/h2-3,5-6,8-11H,4,7,12-13H2,1H3. The van der Waals surface area contributed by atoms with Gasteiger partial charge < -0.3 is 9.64 Å². The molecular formula is C19H19NO3S. The third-order valence-corrected chi connectivity index (χ3v) is 4.76. The lowest BCUT2D eigenvalue weighted by molar-refractivity contribution is -0.117. The summed E-state index contributed by atoms with van der Waals surface area (Å²) >= 11 is 1.67. The van der Waals surface area contributed by atoms with Gasteiger partial charge in [0.15, 0.2) is 0 Å². The highest BCUT2D eigenvalue weighted by Gasteiger charge is 2.26. The molecular weight excluding hydrogens is 322 g/mol. The zero-order chi connectivity index (χ0) is 16.9. The highest BCUT2D eigenvalue weighted by molar-refractivity contribution is 7.98. The number of benzene rings is 2. The Bertz CT molecular complexity index is 743. The molecule has 0 saturated carbocycles. The highest BCUT2D eigenvalue weighted by atomic mass is 32.2.